The van der Waals surface area contributed by atoms with Gasteiger partial charge >= 0.3 is 0 Å². The summed E-state index contributed by atoms with van der Waals surface area (Å²) in [6.45, 7) is 10.7. The number of fused-ring (bicyclic) bond motifs is 7. The van der Waals surface area contributed by atoms with Gasteiger partial charge in [0.25, 0.3) is 0 Å². The molecule has 420 valence electrons. The highest BCUT2D eigenvalue weighted by molar-refractivity contribution is 5.26. The summed E-state index contributed by atoms with van der Waals surface area (Å²) in [6, 6.07) is 0. The maximum absolute atomic E-state index is 12.1. The van der Waals surface area contributed by atoms with Crippen molar-refractivity contribution in [3.8, 4) is 0 Å². The Kier molecular flexibility index (Phi) is 16.9. The van der Waals surface area contributed by atoms with Crippen LogP contribution in [-0.4, -0.2) is 227 Å². The highest BCUT2D eigenvalue weighted by Crippen LogP contribution is 2.70. The van der Waals surface area contributed by atoms with Crippen molar-refractivity contribution in [1.29, 1.82) is 0 Å². The molecular formula is C51H84O22. The van der Waals surface area contributed by atoms with E-state index in [1.165, 1.54) is 19.4 Å². The monoisotopic (exact) mass is 1050 g/mol. The van der Waals surface area contributed by atoms with E-state index in [1.807, 2.05) is 6.92 Å². The van der Waals surface area contributed by atoms with Crippen LogP contribution in [0.4, 0.5) is 0 Å². The molecule has 0 amide bonds. The first-order valence-corrected chi connectivity index (χ1v) is 26.8. The lowest BCUT2D eigenvalue weighted by Crippen LogP contribution is -2.66. The van der Waals surface area contributed by atoms with E-state index in [1.54, 1.807) is 0 Å². The summed E-state index contributed by atoms with van der Waals surface area (Å²) in [5.74, 6) is -0.232. The van der Waals surface area contributed by atoms with Crippen molar-refractivity contribution in [2.45, 2.75) is 240 Å². The predicted octanol–water partition coefficient (Wildman–Crippen LogP) is -1.98. The van der Waals surface area contributed by atoms with Gasteiger partial charge in [-0.15, -0.1) is 0 Å². The molecule has 0 aromatic carbocycles. The summed E-state index contributed by atoms with van der Waals surface area (Å²) in [5.41, 5.74) is 1.07. The van der Waals surface area contributed by atoms with Gasteiger partial charge in [0, 0.05) is 12.3 Å². The Bertz CT molecular complexity index is 1900. The Hall–Kier alpha value is -1.14. The molecule has 13 N–H and O–H groups in total. The molecule has 0 aromatic heterocycles. The highest BCUT2D eigenvalue weighted by atomic mass is 16.8. The number of ether oxygens (including phenoxy) is 9. The minimum atomic E-state index is -1.75. The number of allylic oxidation sites excluding steroid dienone is 1. The molecule has 73 heavy (non-hydrogen) atoms. The summed E-state index contributed by atoms with van der Waals surface area (Å²) in [6.07, 6.45) is -20.5. The van der Waals surface area contributed by atoms with Crippen LogP contribution in [0, 0.1) is 46.3 Å². The zero-order valence-corrected chi connectivity index (χ0v) is 42.7. The molecular weight excluding hydrogens is 965 g/mol. The van der Waals surface area contributed by atoms with Gasteiger partial charge in [-0.25, -0.2) is 0 Å². The van der Waals surface area contributed by atoms with Crippen LogP contribution in [0.15, 0.2) is 11.6 Å². The average Bonchev–Trinajstić information content (AvgIpc) is 3.80. The smallest absolute Gasteiger partial charge is 0.187 e. The van der Waals surface area contributed by atoms with Crippen LogP contribution in [0.25, 0.3) is 0 Å². The van der Waals surface area contributed by atoms with Crippen LogP contribution in [0.5, 0.6) is 0 Å². The van der Waals surface area contributed by atoms with Crippen LogP contribution in [0.3, 0.4) is 0 Å². The Labute approximate surface area is 426 Å². The van der Waals surface area contributed by atoms with Gasteiger partial charge in [0.1, 0.15) is 85.5 Å². The van der Waals surface area contributed by atoms with Crippen molar-refractivity contribution in [3.05, 3.63) is 11.6 Å². The Balaban J connectivity index is 0.846. The van der Waals surface area contributed by atoms with E-state index >= 15 is 0 Å². The van der Waals surface area contributed by atoms with Gasteiger partial charge in [-0.2, -0.15) is 0 Å². The molecule has 5 heterocycles. The Morgan fingerprint density at radius 2 is 1.23 bits per heavy atom. The molecule has 31 atom stereocenters. The number of aliphatic hydroxyl groups is 13. The molecule has 5 saturated heterocycles. The lowest BCUT2D eigenvalue weighted by Gasteiger charge is -2.58. The van der Waals surface area contributed by atoms with Gasteiger partial charge < -0.3 is 109 Å². The van der Waals surface area contributed by atoms with Crippen molar-refractivity contribution in [2.24, 2.45) is 46.3 Å². The second-order valence-corrected chi connectivity index (χ2v) is 23.8. The van der Waals surface area contributed by atoms with Gasteiger partial charge in [-0.05, 0) is 106 Å². The summed E-state index contributed by atoms with van der Waals surface area (Å²) in [7, 11) is 0. The third kappa shape index (κ3) is 10.2. The molecule has 4 aliphatic carbocycles. The summed E-state index contributed by atoms with van der Waals surface area (Å²) < 4.78 is 54.6. The predicted molar refractivity (Wildman–Crippen MR) is 249 cm³/mol. The van der Waals surface area contributed by atoms with E-state index in [9.17, 15) is 66.4 Å². The fraction of sp³-hybridized carbons (Fsp3) is 0.961. The molecule has 9 rings (SSSR count). The van der Waals surface area contributed by atoms with E-state index in [2.05, 4.69) is 26.8 Å². The highest BCUT2D eigenvalue weighted by Gasteiger charge is 2.68. The quantitative estimate of drug-likeness (QED) is 0.0839. The van der Waals surface area contributed by atoms with E-state index in [4.69, 9.17) is 42.6 Å². The maximum Gasteiger partial charge on any atom is 0.187 e. The maximum atomic E-state index is 12.1. The molecule has 0 radical (unpaired) electrons. The SMILES string of the molecule is C[C@H](CC[C@@]1(O)O[C@H]2C[C@H]3[C@@H]4CC=C5C[C@@H](O[C@@H]6O[C@H](CO)[C@@H](O[C@@H]7O[C@@H](C)[C@H](O)[C@@H](O)[C@H]7O)[C@H](O)[C@H]6O[C@@H]6O[C@@H](C)[C@H](O)C(O)C6O)CC[C@]5(C)[C@H]4CC[C@]3(C)[C@H]2[C@@H]1C)CO[C@@H]1O[C@H](CO)[C@@H](O)[C@H](O)[C@H]1O. The lowest BCUT2D eigenvalue weighted by atomic mass is 9.47. The number of hydrogen-bond donors (Lipinski definition) is 13. The van der Waals surface area contributed by atoms with Crippen molar-refractivity contribution in [3.63, 3.8) is 0 Å². The van der Waals surface area contributed by atoms with Crippen LogP contribution in [-0.2, 0) is 42.6 Å². The minimum Gasteiger partial charge on any atom is -0.394 e. The third-order valence-electron chi connectivity index (χ3n) is 19.5. The number of aliphatic hydroxyl groups excluding tert-OH is 12. The van der Waals surface area contributed by atoms with E-state index in [0.29, 0.717) is 43.4 Å². The van der Waals surface area contributed by atoms with Gasteiger partial charge in [0.05, 0.1) is 44.2 Å². The van der Waals surface area contributed by atoms with Gasteiger partial charge in [-0.1, -0.05) is 39.3 Å². The van der Waals surface area contributed by atoms with Gasteiger partial charge in [0.15, 0.2) is 30.9 Å². The van der Waals surface area contributed by atoms with Crippen molar-refractivity contribution in [2.75, 3.05) is 19.8 Å². The molecule has 9 aliphatic rings. The Morgan fingerprint density at radius 1 is 0.644 bits per heavy atom. The first-order valence-electron chi connectivity index (χ1n) is 26.8. The van der Waals surface area contributed by atoms with Crippen LogP contribution in [0.1, 0.15) is 99.3 Å². The fourth-order valence-corrected chi connectivity index (χ4v) is 14.9. The standard InChI is InChI=1S/C51H84O22/c1-20(19-65-45-39(60)38(59)35(56)30(17-52)69-45)9-14-51(64)21(2)32-29(73-51)16-28-26-8-7-24-15-25(10-12-49(24,5)27(26)11-13-50(28,32)6)68-48-44(72-47-41(62)37(58)34(55)23(4)67-47)42(63)43(31(18-53)70-48)71-46-40(61)36(57)33(54)22(3)66-46/h7,20-23,25-48,52-64H,8-19H2,1-6H3/t20-,21+,22+,23+,25+,26-,27+,28+,29+,30-,31-,32+,33+,34+,35-,36-,37?,38+,39-,40-,41?,42+,43-,44-,45-,46+,47+,48-,49+,50+,51-/m1/s1. The molecule has 5 aliphatic heterocycles. The largest absolute Gasteiger partial charge is 0.394 e. The number of hydrogen-bond acceptors (Lipinski definition) is 22. The van der Waals surface area contributed by atoms with E-state index < -0.39 is 148 Å². The first-order chi connectivity index (χ1) is 34.5. The van der Waals surface area contributed by atoms with Crippen molar-refractivity contribution in [1.82, 2.24) is 0 Å². The first kappa shape index (κ1) is 56.6. The fourth-order valence-electron chi connectivity index (χ4n) is 14.9. The van der Waals surface area contributed by atoms with Gasteiger partial charge in [-0.3, -0.25) is 0 Å². The van der Waals surface area contributed by atoms with E-state index in [-0.39, 0.29) is 41.3 Å². The van der Waals surface area contributed by atoms with Crippen LogP contribution < -0.4 is 0 Å². The molecule has 3 saturated carbocycles. The zero-order chi connectivity index (χ0) is 52.8. The minimum absolute atomic E-state index is 0.0589. The second kappa shape index (κ2) is 21.8. The topological polar surface area (TPSA) is 346 Å². The molecule has 2 unspecified atom stereocenters. The van der Waals surface area contributed by atoms with Crippen molar-refractivity contribution >= 4 is 0 Å². The number of rotatable bonds is 14. The molecule has 8 fully saturated rings. The van der Waals surface area contributed by atoms with Crippen molar-refractivity contribution < 1.29 is 109 Å². The second-order valence-electron chi connectivity index (χ2n) is 23.8. The zero-order valence-electron chi connectivity index (χ0n) is 42.7. The summed E-state index contributed by atoms with van der Waals surface area (Å²) in [4.78, 5) is 0. The van der Waals surface area contributed by atoms with Crippen LogP contribution in [0.2, 0.25) is 0 Å². The molecule has 0 bridgehead atoms. The molecule has 22 nitrogen and oxygen atoms in total. The lowest BCUT2D eigenvalue weighted by molar-refractivity contribution is -0.388. The van der Waals surface area contributed by atoms with E-state index in [0.717, 1.165) is 32.1 Å². The molecule has 0 aromatic rings. The third-order valence-corrected chi connectivity index (χ3v) is 19.5. The van der Waals surface area contributed by atoms with Gasteiger partial charge in [0.2, 0.25) is 0 Å². The normalized spacial score (nSPS) is 55.5. The average molecular weight is 1050 g/mol. The van der Waals surface area contributed by atoms with Crippen LogP contribution >= 0.6 is 0 Å². The molecule has 0 spiro atoms. The summed E-state index contributed by atoms with van der Waals surface area (Å²) >= 11 is 0. The Morgan fingerprint density at radius 3 is 1.86 bits per heavy atom. The summed E-state index contributed by atoms with van der Waals surface area (Å²) in [5, 5.41) is 139. The molecule has 22 heteroatoms.